The topological polar surface area (TPSA) is 34.2 Å². The summed E-state index contributed by atoms with van der Waals surface area (Å²) in [5.41, 5.74) is 3.51. The van der Waals surface area contributed by atoms with Crippen LogP contribution in [0.15, 0.2) is 41.1 Å². The van der Waals surface area contributed by atoms with Crippen LogP contribution in [0.3, 0.4) is 0 Å². The molecule has 0 aliphatic rings. The number of benzene rings is 1. The molecule has 0 amide bonds. The van der Waals surface area contributed by atoms with Crippen molar-refractivity contribution >= 4 is 15.9 Å². The number of hydrogen-bond donors (Lipinski definition) is 1. The van der Waals surface area contributed by atoms with E-state index < -0.39 is 0 Å². The van der Waals surface area contributed by atoms with Crippen molar-refractivity contribution < 1.29 is 4.74 Å². The summed E-state index contributed by atoms with van der Waals surface area (Å²) in [5, 5.41) is 3.32. The molecule has 1 aromatic carbocycles. The van der Waals surface area contributed by atoms with Gasteiger partial charge in [0.05, 0.1) is 19.3 Å². The van der Waals surface area contributed by atoms with Gasteiger partial charge in [0.2, 0.25) is 0 Å². The van der Waals surface area contributed by atoms with Crippen molar-refractivity contribution in [3.05, 3.63) is 57.8 Å². The maximum absolute atomic E-state index is 5.23. The van der Waals surface area contributed by atoms with Gasteiger partial charge in [-0.25, -0.2) is 0 Å². The highest BCUT2D eigenvalue weighted by atomic mass is 79.9. The molecule has 1 unspecified atom stereocenters. The molecule has 100 valence electrons. The quantitative estimate of drug-likeness (QED) is 0.936. The molecular formula is C15H17BrN2O. The number of aromatic nitrogens is 1. The summed E-state index contributed by atoms with van der Waals surface area (Å²) in [6.07, 6.45) is 3.57. The number of halogens is 1. The third-order valence-electron chi connectivity index (χ3n) is 3.11. The molecule has 3 nitrogen and oxygen atoms in total. The van der Waals surface area contributed by atoms with E-state index in [4.69, 9.17) is 4.74 Å². The maximum Gasteiger partial charge on any atom is 0.137 e. The molecule has 0 aliphatic heterocycles. The number of nitrogens with zero attached hydrogens (tertiary/aromatic N) is 1. The molecule has 2 aromatic rings. The van der Waals surface area contributed by atoms with Crippen LogP contribution in [0.5, 0.6) is 5.75 Å². The van der Waals surface area contributed by atoms with E-state index in [9.17, 15) is 0 Å². The first kappa shape index (κ1) is 14.0. The van der Waals surface area contributed by atoms with Gasteiger partial charge in [0.1, 0.15) is 5.75 Å². The van der Waals surface area contributed by atoms with E-state index in [0.29, 0.717) is 0 Å². The Hall–Kier alpha value is -1.39. The molecule has 0 aliphatic carbocycles. The minimum absolute atomic E-state index is 0.106. The van der Waals surface area contributed by atoms with Crippen LogP contribution >= 0.6 is 15.9 Å². The van der Waals surface area contributed by atoms with Crippen molar-refractivity contribution in [3.8, 4) is 5.75 Å². The lowest BCUT2D eigenvalue weighted by molar-refractivity contribution is 0.411. The summed E-state index contributed by atoms with van der Waals surface area (Å²) in [6.45, 7) is 2.09. The van der Waals surface area contributed by atoms with Crippen molar-refractivity contribution in [2.24, 2.45) is 0 Å². The average molecular weight is 321 g/mol. The number of pyridine rings is 1. The van der Waals surface area contributed by atoms with Crippen molar-refractivity contribution in [2.45, 2.75) is 13.0 Å². The molecule has 0 fully saturated rings. The summed E-state index contributed by atoms with van der Waals surface area (Å²) >= 11 is 3.53. The number of aryl methyl sites for hydroxylation is 1. The molecular weight excluding hydrogens is 304 g/mol. The smallest absolute Gasteiger partial charge is 0.137 e. The highest BCUT2D eigenvalue weighted by molar-refractivity contribution is 9.10. The van der Waals surface area contributed by atoms with Crippen LogP contribution in [-0.2, 0) is 0 Å². The SMILES string of the molecule is CNC(c1cncc(OC)c1)c1ccc(Br)c(C)c1. The number of nitrogens with one attached hydrogen (secondary N) is 1. The van der Waals surface area contributed by atoms with Crippen LogP contribution in [0.2, 0.25) is 0 Å². The molecule has 1 N–H and O–H groups in total. The predicted molar refractivity (Wildman–Crippen MR) is 80.6 cm³/mol. The average Bonchev–Trinajstić information content (AvgIpc) is 2.44. The molecule has 2 rings (SSSR count). The molecule has 0 saturated carbocycles. The van der Waals surface area contributed by atoms with Crippen molar-refractivity contribution in [2.75, 3.05) is 14.2 Å². The summed E-state index contributed by atoms with van der Waals surface area (Å²) in [4.78, 5) is 4.22. The Morgan fingerprint density at radius 3 is 2.63 bits per heavy atom. The fraction of sp³-hybridized carbons (Fsp3) is 0.267. The zero-order valence-electron chi connectivity index (χ0n) is 11.3. The van der Waals surface area contributed by atoms with E-state index in [2.05, 4.69) is 51.4 Å². The highest BCUT2D eigenvalue weighted by Crippen LogP contribution is 2.27. The van der Waals surface area contributed by atoms with Crippen LogP contribution in [0.25, 0.3) is 0 Å². The van der Waals surface area contributed by atoms with E-state index in [1.807, 2.05) is 19.3 Å². The zero-order valence-corrected chi connectivity index (χ0v) is 12.9. The summed E-state index contributed by atoms with van der Waals surface area (Å²) < 4.78 is 6.35. The Kier molecular flexibility index (Phi) is 4.56. The van der Waals surface area contributed by atoms with Gasteiger partial charge in [0, 0.05) is 10.7 Å². The molecule has 19 heavy (non-hydrogen) atoms. The maximum atomic E-state index is 5.23. The third kappa shape index (κ3) is 3.14. The minimum atomic E-state index is 0.106. The fourth-order valence-electron chi connectivity index (χ4n) is 2.08. The van der Waals surface area contributed by atoms with Gasteiger partial charge >= 0.3 is 0 Å². The Morgan fingerprint density at radius 1 is 1.21 bits per heavy atom. The van der Waals surface area contributed by atoms with Gasteiger partial charge in [-0.15, -0.1) is 0 Å². The molecule has 1 heterocycles. The summed E-state index contributed by atoms with van der Waals surface area (Å²) in [6, 6.07) is 8.46. The first-order valence-corrected chi connectivity index (χ1v) is 6.87. The fourth-order valence-corrected chi connectivity index (χ4v) is 2.32. The molecule has 4 heteroatoms. The number of rotatable bonds is 4. The van der Waals surface area contributed by atoms with Gasteiger partial charge < -0.3 is 10.1 Å². The first-order valence-electron chi connectivity index (χ1n) is 6.08. The van der Waals surface area contributed by atoms with Gasteiger partial charge in [-0.1, -0.05) is 28.1 Å². The number of ether oxygens (including phenoxy) is 1. The van der Waals surface area contributed by atoms with Crippen LogP contribution in [0, 0.1) is 6.92 Å². The lowest BCUT2D eigenvalue weighted by Crippen LogP contribution is -2.18. The second-order valence-corrected chi connectivity index (χ2v) is 5.24. The minimum Gasteiger partial charge on any atom is -0.495 e. The van der Waals surface area contributed by atoms with Gasteiger partial charge in [-0.2, -0.15) is 0 Å². The largest absolute Gasteiger partial charge is 0.495 e. The Balaban J connectivity index is 2.40. The van der Waals surface area contributed by atoms with Gasteiger partial charge in [-0.3, -0.25) is 4.98 Å². The van der Waals surface area contributed by atoms with Gasteiger partial charge in [0.25, 0.3) is 0 Å². The second-order valence-electron chi connectivity index (χ2n) is 4.39. The van der Waals surface area contributed by atoms with Gasteiger partial charge in [-0.05, 0) is 42.8 Å². The number of hydrogen-bond acceptors (Lipinski definition) is 3. The highest BCUT2D eigenvalue weighted by Gasteiger charge is 2.13. The standard InChI is InChI=1S/C15H17BrN2O/c1-10-6-11(4-5-14(10)16)15(17-2)12-7-13(19-3)9-18-8-12/h4-9,15,17H,1-3H3. The Labute approximate surface area is 122 Å². The molecule has 1 atom stereocenters. The molecule has 0 radical (unpaired) electrons. The van der Waals surface area contributed by atoms with Crippen LogP contribution in [-0.4, -0.2) is 19.1 Å². The van der Waals surface area contributed by atoms with E-state index >= 15 is 0 Å². The van der Waals surface area contributed by atoms with Crippen molar-refractivity contribution in [3.63, 3.8) is 0 Å². The molecule has 0 saturated heterocycles. The normalized spacial score (nSPS) is 12.2. The van der Waals surface area contributed by atoms with Crippen LogP contribution in [0.1, 0.15) is 22.7 Å². The molecule has 0 spiro atoms. The lowest BCUT2D eigenvalue weighted by atomic mass is 9.99. The zero-order chi connectivity index (χ0) is 13.8. The van der Waals surface area contributed by atoms with Crippen LogP contribution in [0.4, 0.5) is 0 Å². The molecule has 0 bridgehead atoms. The van der Waals surface area contributed by atoms with E-state index in [0.717, 1.165) is 15.8 Å². The second kappa shape index (κ2) is 6.17. The summed E-state index contributed by atoms with van der Waals surface area (Å²) in [5.74, 6) is 0.770. The van der Waals surface area contributed by atoms with Crippen molar-refractivity contribution in [1.82, 2.24) is 10.3 Å². The Bertz CT molecular complexity index is 572. The van der Waals surface area contributed by atoms with E-state index in [1.54, 1.807) is 13.3 Å². The van der Waals surface area contributed by atoms with Crippen molar-refractivity contribution in [1.29, 1.82) is 0 Å². The Morgan fingerprint density at radius 2 is 2.00 bits per heavy atom. The lowest BCUT2D eigenvalue weighted by Gasteiger charge is -2.18. The monoisotopic (exact) mass is 320 g/mol. The predicted octanol–water partition coefficient (Wildman–Crippen LogP) is 3.47. The van der Waals surface area contributed by atoms with E-state index in [-0.39, 0.29) is 6.04 Å². The van der Waals surface area contributed by atoms with Crippen LogP contribution < -0.4 is 10.1 Å². The molecule has 1 aromatic heterocycles. The number of methoxy groups -OCH3 is 1. The third-order valence-corrected chi connectivity index (χ3v) is 4.00. The van der Waals surface area contributed by atoms with Gasteiger partial charge in [0.15, 0.2) is 0 Å². The van der Waals surface area contributed by atoms with E-state index in [1.165, 1.54) is 11.1 Å². The first-order chi connectivity index (χ1) is 9.15. The summed E-state index contributed by atoms with van der Waals surface area (Å²) in [7, 11) is 3.60.